The average molecular weight is 621 g/mol. The van der Waals surface area contributed by atoms with Crippen LogP contribution in [0.3, 0.4) is 0 Å². The Morgan fingerprint density at radius 2 is 0.875 bits per heavy atom. The van der Waals surface area contributed by atoms with Crippen LogP contribution in [0.1, 0.15) is 49.7 Å². The summed E-state index contributed by atoms with van der Waals surface area (Å²) in [6, 6.07) is 41.1. The summed E-state index contributed by atoms with van der Waals surface area (Å²) in [5.41, 5.74) is 10.8. The maximum atomic E-state index is 4.50. The number of aromatic nitrogens is 4. The van der Waals surface area contributed by atoms with Crippen molar-refractivity contribution in [1.29, 1.82) is 0 Å². The number of nitrogens with zero attached hydrogens (tertiary/aromatic N) is 4. The molecule has 0 atom stereocenters. The topological polar surface area (TPSA) is 35.6 Å². The number of benzene rings is 4. The highest BCUT2D eigenvalue weighted by atomic mass is 15.0. The molecule has 4 fully saturated rings. The van der Waals surface area contributed by atoms with Crippen LogP contribution in [0.25, 0.3) is 55.0 Å². The zero-order valence-electron chi connectivity index (χ0n) is 26.9. The standard InChI is InChI=1S/C44H36N4/c1-3-7-39-35(5-1)37-17-19-45-26-41(37)47(39)33-13-9-31(10-14-33)43-22-29-21-30(23-43)25-44(24-29,28-43)32-11-15-34(16-12-32)48-40-8-4-2-6-36(40)38-18-20-46-27-42(38)48/h1-20,26-27,29-30H,21-25,28H2. The quantitative estimate of drug-likeness (QED) is 0.196. The van der Waals surface area contributed by atoms with E-state index in [0.717, 1.165) is 11.8 Å². The maximum Gasteiger partial charge on any atom is 0.0724 e. The average Bonchev–Trinajstić information content (AvgIpc) is 3.65. The molecule has 48 heavy (non-hydrogen) atoms. The lowest BCUT2D eigenvalue weighted by Crippen LogP contribution is -2.55. The van der Waals surface area contributed by atoms with Gasteiger partial charge in [0.05, 0.1) is 34.5 Å². The van der Waals surface area contributed by atoms with Gasteiger partial charge in [-0.25, -0.2) is 0 Å². The van der Waals surface area contributed by atoms with Crippen LogP contribution in [0.4, 0.5) is 0 Å². The molecular formula is C44H36N4. The molecule has 4 bridgehead atoms. The van der Waals surface area contributed by atoms with Crippen LogP contribution in [0.15, 0.2) is 134 Å². The third-order valence-electron chi connectivity index (χ3n) is 12.5. The number of hydrogen-bond donors (Lipinski definition) is 0. The predicted molar refractivity (Wildman–Crippen MR) is 195 cm³/mol. The molecule has 4 aromatic carbocycles. The highest BCUT2D eigenvalue weighted by Gasteiger charge is 2.58. The first kappa shape index (κ1) is 26.8. The predicted octanol–water partition coefficient (Wildman–Crippen LogP) is 10.5. The number of pyridine rings is 2. The molecule has 4 aromatic heterocycles. The SMILES string of the molecule is c1ccc2c(c1)c1ccncc1n2-c1ccc(C23CC4CC(C2)CC(c2ccc(-n5c6ccccc6c6ccncc65)cc2)(C4)C3)cc1. The van der Waals surface area contributed by atoms with Gasteiger partial charge in [0.1, 0.15) is 0 Å². The number of hydrogen-bond acceptors (Lipinski definition) is 2. The Bertz CT molecular complexity index is 2240. The molecule has 8 aromatic rings. The first-order valence-corrected chi connectivity index (χ1v) is 17.6. The Balaban J connectivity index is 0.968. The summed E-state index contributed by atoms with van der Waals surface area (Å²) in [5.74, 6) is 1.61. The Kier molecular flexibility index (Phi) is 5.40. The molecule has 4 heterocycles. The highest BCUT2D eigenvalue weighted by Crippen LogP contribution is 2.66. The first-order valence-electron chi connectivity index (χ1n) is 17.6. The van der Waals surface area contributed by atoms with Gasteiger partial charge in [0, 0.05) is 45.3 Å². The lowest BCUT2D eigenvalue weighted by atomic mass is 9.42. The Hall–Kier alpha value is -5.22. The van der Waals surface area contributed by atoms with Crippen molar-refractivity contribution >= 4 is 43.6 Å². The molecule has 0 aliphatic heterocycles. The molecular weight excluding hydrogens is 585 g/mol. The molecule has 0 unspecified atom stereocenters. The van der Waals surface area contributed by atoms with Crippen LogP contribution in [0, 0.1) is 11.8 Å². The van der Waals surface area contributed by atoms with Gasteiger partial charge in [0.2, 0.25) is 0 Å². The van der Waals surface area contributed by atoms with Gasteiger partial charge in [-0.3, -0.25) is 9.97 Å². The van der Waals surface area contributed by atoms with Crippen LogP contribution in [0.5, 0.6) is 0 Å². The van der Waals surface area contributed by atoms with Crippen molar-refractivity contribution in [2.24, 2.45) is 11.8 Å². The van der Waals surface area contributed by atoms with E-state index in [4.69, 9.17) is 0 Å². The van der Waals surface area contributed by atoms with Gasteiger partial charge < -0.3 is 9.13 Å². The van der Waals surface area contributed by atoms with Crippen molar-refractivity contribution in [3.63, 3.8) is 0 Å². The molecule has 4 saturated carbocycles. The summed E-state index contributed by atoms with van der Waals surface area (Å²) in [4.78, 5) is 8.99. The Morgan fingerprint density at radius 1 is 0.458 bits per heavy atom. The minimum absolute atomic E-state index is 0.252. The smallest absolute Gasteiger partial charge is 0.0724 e. The van der Waals surface area contributed by atoms with Crippen molar-refractivity contribution in [1.82, 2.24) is 19.1 Å². The number of rotatable bonds is 4. The van der Waals surface area contributed by atoms with Crippen molar-refractivity contribution < 1.29 is 0 Å². The van der Waals surface area contributed by atoms with Crippen molar-refractivity contribution in [3.05, 3.63) is 145 Å². The Morgan fingerprint density at radius 3 is 1.33 bits per heavy atom. The van der Waals surface area contributed by atoms with Crippen molar-refractivity contribution in [2.45, 2.75) is 49.4 Å². The van der Waals surface area contributed by atoms with Gasteiger partial charge in [-0.2, -0.15) is 0 Å². The molecule has 0 radical (unpaired) electrons. The van der Waals surface area contributed by atoms with Crippen LogP contribution in [-0.4, -0.2) is 19.1 Å². The molecule has 4 aliphatic rings. The van der Waals surface area contributed by atoms with E-state index in [2.05, 4.69) is 128 Å². The fraction of sp³-hybridized carbons (Fsp3) is 0.227. The minimum atomic E-state index is 0.252. The van der Waals surface area contributed by atoms with Gasteiger partial charge >= 0.3 is 0 Å². The van der Waals surface area contributed by atoms with Crippen molar-refractivity contribution in [3.8, 4) is 11.4 Å². The summed E-state index contributed by atoms with van der Waals surface area (Å²) in [6.07, 6.45) is 15.8. The third-order valence-corrected chi connectivity index (χ3v) is 12.5. The summed E-state index contributed by atoms with van der Waals surface area (Å²) >= 11 is 0. The number of fused-ring (bicyclic) bond motifs is 6. The van der Waals surface area contributed by atoms with E-state index >= 15 is 0 Å². The largest absolute Gasteiger partial charge is 0.308 e. The van der Waals surface area contributed by atoms with E-state index in [1.807, 2.05) is 24.8 Å². The van der Waals surface area contributed by atoms with Gasteiger partial charge in [-0.1, -0.05) is 60.7 Å². The van der Waals surface area contributed by atoms with E-state index in [1.54, 1.807) is 0 Å². The molecule has 12 rings (SSSR count). The summed E-state index contributed by atoms with van der Waals surface area (Å²) in [5, 5.41) is 5.08. The molecule has 232 valence electrons. The van der Waals surface area contributed by atoms with Crippen molar-refractivity contribution in [2.75, 3.05) is 0 Å². The molecule has 0 spiro atoms. The van der Waals surface area contributed by atoms with Crippen LogP contribution in [-0.2, 0) is 10.8 Å². The van der Waals surface area contributed by atoms with E-state index < -0.39 is 0 Å². The zero-order chi connectivity index (χ0) is 31.5. The van der Waals surface area contributed by atoms with Crippen LogP contribution < -0.4 is 0 Å². The van der Waals surface area contributed by atoms with E-state index in [1.165, 1.54) is 105 Å². The van der Waals surface area contributed by atoms with E-state index in [-0.39, 0.29) is 10.8 Å². The Labute approximate surface area is 279 Å². The monoisotopic (exact) mass is 620 g/mol. The van der Waals surface area contributed by atoms with E-state index in [9.17, 15) is 0 Å². The maximum absolute atomic E-state index is 4.50. The second-order valence-corrected chi connectivity index (χ2v) is 15.1. The first-order chi connectivity index (χ1) is 23.7. The molecule has 4 nitrogen and oxygen atoms in total. The lowest BCUT2D eigenvalue weighted by molar-refractivity contribution is -0.0281. The highest BCUT2D eigenvalue weighted by molar-refractivity contribution is 6.09. The summed E-state index contributed by atoms with van der Waals surface area (Å²) in [6.45, 7) is 0. The van der Waals surface area contributed by atoms with Gasteiger partial charge in [-0.05, 0) is 121 Å². The van der Waals surface area contributed by atoms with Gasteiger partial charge in [0.25, 0.3) is 0 Å². The second-order valence-electron chi connectivity index (χ2n) is 15.1. The zero-order valence-corrected chi connectivity index (χ0v) is 26.9. The van der Waals surface area contributed by atoms with Crippen LogP contribution >= 0.6 is 0 Å². The molecule has 0 N–H and O–H groups in total. The summed E-state index contributed by atoms with van der Waals surface area (Å²) in [7, 11) is 0. The second kappa shape index (κ2) is 9.67. The normalized spacial score (nSPS) is 24.8. The lowest BCUT2D eigenvalue weighted by Gasteiger charge is -2.63. The van der Waals surface area contributed by atoms with Crippen LogP contribution in [0.2, 0.25) is 0 Å². The molecule has 0 saturated heterocycles. The fourth-order valence-corrected chi connectivity index (χ4v) is 11.1. The van der Waals surface area contributed by atoms with E-state index in [0.29, 0.717) is 0 Å². The molecule has 4 aliphatic carbocycles. The van der Waals surface area contributed by atoms with Gasteiger partial charge in [0.15, 0.2) is 0 Å². The minimum Gasteiger partial charge on any atom is -0.308 e. The molecule has 0 amide bonds. The third kappa shape index (κ3) is 3.66. The summed E-state index contributed by atoms with van der Waals surface area (Å²) < 4.78 is 4.77. The van der Waals surface area contributed by atoms with Gasteiger partial charge in [-0.15, -0.1) is 0 Å². The number of para-hydroxylation sites is 2. The molecule has 4 heteroatoms. The fourth-order valence-electron chi connectivity index (χ4n) is 11.1.